The van der Waals surface area contributed by atoms with Crippen LogP contribution < -0.4 is 16.4 Å². The van der Waals surface area contributed by atoms with E-state index in [4.69, 9.17) is 5.73 Å². The Balaban J connectivity index is 4.89. The molecule has 5 N–H and O–H groups in total. The minimum absolute atomic E-state index is 0.00982. The van der Waals surface area contributed by atoms with Crippen LogP contribution in [-0.4, -0.2) is 47.4 Å². The first-order valence-electron chi connectivity index (χ1n) is 7.57. The van der Waals surface area contributed by atoms with Crippen molar-refractivity contribution in [1.82, 2.24) is 10.6 Å². The number of nitrogens with one attached hydrogen (secondary N) is 2. The highest BCUT2D eigenvalue weighted by Gasteiger charge is 2.30. The van der Waals surface area contributed by atoms with E-state index in [1.165, 1.54) is 6.92 Å². The SMILES string of the molecule is CC[C@H](C)[C@H](N)C(=O)N[C@H](C(=O)N[C@H]([C]=O)[C@@H](C)O)C(C)C. The van der Waals surface area contributed by atoms with Crippen molar-refractivity contribution in [3.8, 4) is 0 Å². The normalized spacial score (nSPS) is 18.0. The highest BCUT2D eigenvalue weighted by Crippen LogP contribution is 2.08. The largest absolute Gasteiger partial charge is 0.391 e. The van der Waals surface area contributed by atoms with E-state index in [1.807, 2.05) is 13.8 Å². The maximum atomic E-state index is 12.2. The molecule has 0 aliphatic heterocycles. The first-order chi connectivity index (χ1) is 10.1. The quantitative estimate of drug-likeness (QED) is 0.456. The number of carbonyl (C=O) groups is 2. The summed E-state index contributed by atoms with van der Waals surface area (Å²) in [7, 11) is 0. The molecule has 0 aliphatic carbocycles. The zero-order chi connectivity index (χ0) is 17.4. The fraction of sp³-hybridized carbons (Fsp3) is 0.800. The Morgan fingerprint density at radius 1 is 1.14 bits per heavy atom. The fourth-order valence-corrected chi connectivity index (χ4v) is 1.79. The molecule has 0 spiro atoms. The van der Waals surface area contributed by atoms with Crippen LogP contribution in [0.2, 0.25) is 0 Å². The molecule has 7 nitrogen and oxygen atoms in total. The number of hydrogen-bond donors (Lipinski definition) is 4. The molecule has 22 heavy (non-hydrogen) atoms. The summed E-state index contributed by atoms with van der Waals surface area (Å²) in [5.74, 6) is -1.17. The van der Waals surface area contributed by atoms with Crippen molar-refractivity contribution in [3.05, 3.63) is 0 Å². The lowest BCUT2D eigenvalue weighted by Crippen LogP contribution is -2.57. The summed E-state index contributed by atoms with van der Waals surface area (Å²) in [4.78, 5) is 35.0. The van der Waals surface area contributed by atoms with Gasteiger partial charge in [-0.05, 0) is 18.8 Å². The standard InChI is InChI=1S/C15H28N3O4/c1-6-9(4)12(16)14(21)18-13(8(2)3)15(22)17-11(7-19)10(5)20/h8-13,20H,6,16H2,1-5H3,(H,17,22)(H,18,21)/t9-,10+,11+,12-,13-/m0/s1. The third kappa shape index (κ3) is 6.11. The monoisotopic (exact) mass is 314 g/mol. The number of carbonyl (C=O) groups excluding carboxylic acids is 3. The molecule has 0 saturated heterocycles. The minimum atomic E-state index is -1.13. The number of hydrogen-bond acceptors (Lipinski definition) is 5. The van der Waals surface area contributed by atoms with Crippen molar-refractivity contribution in [2.45, 2.75) is 65.3 Å². The van der Waals surface area contributed by atoms with E-state index in [1.54, 1.807) is 20.1 Å². The van der Waals surface area contributed by atoms with Gasteiger partial charge in [-0.2, -0.15) is 0 Å². The molecule has 0 rings (SSSR count). The Kier molecular flexibility index (Phi) is 8.89. The van der Waals surface area contributed by atoms with Crippen LogP contribution in [0.5, 0.6) is 0 Å². The van der Waals surface area contributed by atoms with Crippen molar-refractivity contribution in [1.29, 1.82) is 0 Å². The topological polar surface area (TPSA) is 122 Å². The van der Waals surface area contributed by atoms with E-state index < -0.39 is 36.0 Å². The van der Waals surface area contributed by atoms with Crippen molar-refractivity contribution in [3.63, 3.8) is 0 Å². The molecule has 0 aromatic rings. The summed E-state index contributed by atoms with van der Waals surface area (Å²) >= 11 is 0. The van der Waals surface area contributed by atoms with Gasteiger partial charge in [0, 0.05) is 0 Å². The number of aliphatic hydroxyl groups is 1. The molecule has 0 fully saturated rings. The lowest BCUT2D eigenvalue weighted by Gasteiger charge is -2.26. The van der Waals surface area contributed by atoms with Crippen LogP contribution in [0.25, 0.3) is 0 Å². The molecular formula is C15H28N3O4. The molecular weight excluding hydrogens is 286 g/mol. The average molecular weight is 314 g/mol. The molecule has 7 heteroatoms. The van der Waals surface area contributed by atoms with Crippen molar-refractivity contribution >= 4 is 18.1 Å². The third-order valence-electron chi connectivity index (χ3n) is 3.71. The van der Waals surface area contributed by atoms with Crippen LogP contribution >= 0.6 is 0 Å². The van der Waals surface area contributed by atoms with Gasteiger partial charge in [-0.3, -0.25) is 14.4 Å². The van der Waals surface area contributed by atoms with Crippen LogP contribution in [0.1, 0.15) is 41.0 Å². The Bertz CT molecular complexity index is 385. The second kappa shape index (κ2) is 9.53. The number of nitrogens with two attached hydrogens (primary N) is 1. The molecule has 0 aromatic carbocycles. The summed E-state index contributed by atoms with van der Waals surface area (Å²) in [6, 6.07) is -2.67. The molecule has 0 unspecified atom stereocenters. The molecule has 0 saturated carbocycles. The number of aliphatic hydroxyl groups excluding tert-OH is 1. The lowest BCUT2D eigenvalue weighted by atomic mass is 9.97. The van der Waals surface area contributed by atoms with Gasteiger partial charge in [-0.15, -0.1) is 0 Å². The summed E-state index contributed by atoms with van der Waals surface area (Å²) in [6.45, 7) is 8.69. The van der Waals surface area contributed by atoms with Crippen LogP contribution in [0.4, 0.5) is 0 Å². The first-order valence-corrected chi connectivity index (χ1v) is 7.57. The Labute approximate surface area is 132 Å². The van der Waals surface area contributed by atoms with Gasteiger partial charge < -0.3 is 21.5 Å². The fourth-order valence-electron chi connectivity index (χ4n) is 1.79. The van der Waals surface area contributed by atoms with Gasteiger partial charge in [0.1, 0.15) is 12.1 Å². The van der Waals surface area contributed by atoms with Gasteiger partial charge in [0.2, 0.25) is 18.1 Å². The zero-order valence-electron chi connectivity index (χ0n) is 13.9. The second-order valence-corrected chi connectivity index (χ2v) is 5.99. The second-order valence-electron chi connectivity index (χ2n) is 5.99. The summed E-state index contributed by atoms with van der Waals surface area (Å²) in [5, 5.41) is 14.4. The van der Waals surface area contributed by atoms with Crippen LogP contribution in [-0.2, 0) is 14.4 Å². The molecule has 0 aromatic heterocycles. The van der Waals surface area contributed by atoms with Crippen LogP contribution in [0.3, 0.4) is 0 Å². The Hall–Kier alpha value is -1.47. The maximum Gasteiger partial charge on any atom is 0.243 e. The third-order valence-corrected chi connectivity index (χ3v) is 3.71. The van der Waals surface area contributed by atoms with E-state index in [0.29, 0.717) is 0 Å². The highest BCUT2D eigenvalue weighted by molar-refractivity contribution is 5.91. The van der Waals surface area contributed by atoms with Gasteiger partial charge in [0.25, 0.3) is 0 Å². The molecule has 5 atom stereocenters. The summed E-state index contributed by atoms with van der Waals surface area (Å²) in [5.41, 5.74) is 5.85. The van der Waals surface area contributed by atoms with E-state index in [9.17, 15) is 19.5 Å². The zero-order valence-corrected chi connectivity index (χ0v) is 13.9. The smallest absolute Gasteiger partial charge is 0.243 e. The van der Waals surface area contributed by atoms with Crippen molar-refractivity contribution in [2.75, 3.05) is 0 Å². The predicted octanol–water partition coefficient (Wildman–Crippen LogP) is -0.524. The van der Waals surface area contributed by atoms with Gasteiger partial charge >= 0.3 is 0 Å². The molecule has 2 amide bonds. The average Bonchev–Trinajstić information content (AvgIpc) is 2.47. The number of amides is 2. The molecule has 0 bridgehead atoms. The lowest BCUT2D eigenvalue weighted by molar-refractivity contribution is -0.131. The Morgan fingerprint density at radius 2 is 1.68 bits per heavy atom. The van der Waals surface area contributed by atoms with E-state index in [0.717, 1.165) is 6.42 Å². The maximum absolute atomic E-state index is 12.2. The van der Waals surface area contributed by atoms with Gasteiger partial charge in [-0.1, -0.05) is 34.1 Å². The van der Waals surface area contributed by atoms with E-state index >= 15 is 0 Å². The number of rotatable bonds is 9. The van der Waals surface area contributed by atoms with E-state index in [2.05, 4.69) is 10.6 Å². The molecule has 0 aliphatic rings. The van der Waals surface area contributed by atoms with Gasteiger partial charge in [0.15, 0.2) is 0 Å². The summed E-state index contributed by atoms with van der Waals surface area (Å²) < 4.78 is 0. The molecule has 127 valence electrons. The van der Waals surface area contributed by atoms with Gasteiger partial charge in [0.05, 0.1) is 12.1 Å². The van der Waals surface area contributed by atoms with E-state index in [-0.39, 0.29) is 11.8 Å². The molecule has 0 heterocycles. The Morgan fingerprint density at radius 3 is 2.05 bits per heavy atom. The highest BCUT2D eigenvalue weighted by atomic mass is 16.3. The first kappa shape index (κ1) is 20.5. The van der Waals surface area contributed by atoms with Crippen LogP contribution in [0.15, 0.2) is 0 Å². The van der Waals surface area contributed by atoms with Crippen LogP contribution in [0, 0.1) is 11.8 Å². The predicted molar refractivity (Wildman–Crippen MR) is 83.5 cm³/mol. The molecule has 1 radical (unpaired) electrons. The minimum Gasteiger partial charge on any atom is -0.391 e. The van der Waals surface area contributed by atoms with Gasteiger partial charge in [-0.25, -0.2) is 0 Å². The van der Waals surface area contributed by atoms with Crippen molar-refractivity contribution in [2.24, 2.45) is 17.6 Å². The summed E-state index contributed by atoms with van der Waals surface area (Å²) in [6.07, 6.45) is 1.25. The van der Waals surface area contributed by atoms with Crippen molar-refractivity contribution < 1.29 is 19.5 Å².